The summed E-state index contributed by atoms with van der Waals surface area (Å²) < 4.78 is 46.0. The highest BCUT2D eigenvalue weighted by atomic mass is 32.2. The zero-order valence-electron chi connectivity index (χ0n) is 17.9. The minimum absolute atomic E-state index is 0.0669. The van der Waals surface area contributed by atoms with Crippen molar-refractivity contribution >= 4 is 21.9 Å². The summed E-state index contributed by atoms with van der Waals surface area (Å²) in [5, 5.41) is 0. The van der Waals surface area contributed by atoms with Crippen molar-refractivity contribution in [3.8, 4) is 0 Å². The fourth-order valence-corrected chi connectivity index (χ4v) is 5.04. The molecule has 172 valence electrons. The maximum atomic E-state index is 13.3. The molecule has 1 saturated heterocycles. The quantitative estimate of drug-likeness (QED) is 0.564. The molecule has 0 atom stereocenters. The standard InChI is InChI=1S/C23H27FN2O5S/c1-2-31-23(28)19-12-14-25(15-13-19)22(27)17-26(16-18-8-10-20(24)11-9-18)32(29,30)21-6-4-3-5-7-21/h3-11,19H,2,12-17H2,1H3. The molecular weight excluding hydrogens is 435 g/mol. The van der Waals surface area contributed by atoms with Crippen molar-refractivity contribution in [2.75, 3.05) is 26.2 Å². The number of hydrogen-bond acceptors (Lipinski definition) is 5. The Bertz CT molecular complexity index is 1020. The van der Waals surface area contributed by atoms with Crippen LogP contribution in [0, 0.1) is 11.7 Å². The van der Waals surface area contributed by atoms with Gasteiger partial charge in [-0.05, 0) is 49.6 Å². The zero-order chi connectivity index (χ0) is 23.1. The number of carbonyl (C=O) groups is 2. The van der Waals surface area contributed by atoms with Gasteiger partial charge in [0.25, 0.3) is 0 Å². The van der Waals surface area contributed by atoms with Crippen molar-refractivity contribution < 1.29 is 27.1 Å². The number of piperidine rings is 1. The summed E-state index contributed by atoms with van der Waals surface area (Å²) in [6.45, 7) is 2.37. The van der Waals surface area contributed by atoms with Crippen molar-refractivity contribution in [3.63, 3.8) is 0 Å². The number of carbonyl (C=O) groups excluding carboxylic acids is 2. The van der Waals surface area contributed by atoms with E-state index in [-0.39, 0.29) is 35.8 Å². The molecule has 0 spiro atoms. The van der Waals surface area contributed by atoms with Crippen LogP contribution < -0.4 is 0 Å². The first-order valence-electron chi connectivity index (χ1n) is 10.6. The molecule has 2 aromatic carbocycles. The van der Waals surface area contributed by atoms with Crippen LogP contribution in [0.3, 0.4) is 0 Å². The molecule has 1 aliphatic heterocycles. The molecule has 1 heterocycles. The molecule has 0 radical (unpaired) electrons. The number of sulfonamides is 1. The van der Waals surface area contributed by atoms with Crippen LogP contribution in [0.2, 0.25) is 0 Å². The van der Waals surface area contributed by atoms with E-state index in [0.29, 0.717) is 38.1 Å². The van der Waals surface area contributed by atoms with Crippen LogP contribution in [0.5, 0.6) is 0 Å². The Labute approximate surface area is 187 Å². The molecule has 32 heavy (non-hydrogen) atoms. The summed E-state index contributed by atoms with van der Waals surface area (Å²) >= 11 is 0. The summed E-state index contributed by atoms with van der Waals surface area (Å²) in [5.74, 6) is -1.27. The number of likely N-dealkylation sites (tertiary alicyclic amines) is 1. The number of nitrogens with zero attached hydrogens (tertiary/aromatic N) is 2. The van der Waals surface area contributed by atoms with Crippen molar-refractivity contribution in [2.45, 2.75) is 31.2 Å². The van der Waals surface area contributed by atoms with E-state index in [2.05, 4.69) is 0 Å². The number of halogens is 1. The third kappa shape index (κ3) is 5.92. The Morgan fingerprint density at radius 2 is 1.69 bits per heavy atom. The predicted molar refractivity (Wildman–Crippen MR) is 116 cm³/mol. The second-order valence-corrected chi connectivity index (χ2v) is 9.56. The molecule has 0 unspecified atom stereocenters. The Balaban J connectivity index is 1.74. The average Bonchev–Trinajstić information content (AvgIpc) is 2.80. The Hall–Kier alpha value is -2.78. The zero-order valence-corrected chi connectivity index (χ0v) is 18.8. The molecule has 1 fully saturated rings. The first-order chi connectivity index (χ1) is 15.3. The van der Waals surface area contributed by atoms with Crippen LogP contribution >= 0.6 is 0 Å². The number of esters is 1. The topological polar surface area (TPSA) is 84.0 Å². The highest BCUT2D eigenvalue weighted by Crippen LogP contribution is 2.22. The Morgan fingerprint density at radius 3 is 2.28 bits per heavy atom. The van der Waals surface area contributed by atoms with Gasteiger partial charge < -0.3 is 9.64 Å². The lowest BCUT2D eigenvalue weighted by Crippen LogP contribution is -2.46. The highest BCUT2D eigenvalue weighted by Gasteiger charge is 2.32. The van der Waals surface area contributed by atoms with Gasteiger partial charge in [-0.25, -0.2) is 12.8 Å². The third-order valence-corrected chi connectivity index (χ3v) is 7.24. The average molecular weight is 463 g/mol. The van der Waals surface area contributed by atoms with Gasteiger partial charge in [0.15, 0.2) is 0 Å². The summed E-state index contributed by atoms with van der Waals surface area (Å²) in [7, 11) is -3.96. The molecule has 2 aromatic rings. The van der Waals surface area contributed by atoms with E-state index < -0.39 is 15.8 Å². The van der Waals surface area contributed by atoms with Crippen molar-refractivity contribution in [3.05, 3.63) is 66.0 Å². The van der Waals surface area contributed by atoms with E-state index in [1.165, 1.54) is 36.4 Å². The number of hydrogen-bond donors (Lipinski definition) is 0. The van der Waals surface area contributed by atoms with E-state index >= 15 is 0 Å². The van der Waals surface area contributed by atoms with E-state index in [0.717, 1.165) is 4.31 Å². The summed E-state index contributed by atoms with van der Waals surface area (Å²) in [6, 6.07) is 13.4. The molecule has 9 heteroatoms. The van der Waals surface area contributed by atoms with Crippen molar-refractivity contribution in [1.29, 1.82) is 0 Å². The minimum atomic E-state index is -3.96. The Morgan fingerprint density at radius 1 is 1.06 bits per heavy atom. The normalized spacial score (nSPS) is 15.0. The summed E-state index contributed by atoms with van der Waals surface area (Å²) in [4.78, 5) is 26.6. The smallest absolute Gasteiger partial charge is 0.309 e. The highest BCUT2D eigenvalue weighted by molar-refractivity contribution is 7.89. The van der Waals surface area contributed by atoms with Crippen LogP contribution in [-0.2, 0) is 30.9 Å². The van der Waals surface area contributed by atoms with Gasteiger partial charge in [-0.1, -0.05) is 30.3 Å². The second-order valence-electron chi connectivity index (χ2n) is 7.62. The fraction of sp³-hybridized carbons (Fsp3) is 0.391. The number of rotatable bonds is 8. The van der Waals surface area contributed by atoms with Gasteiger partial charge in [0, 0.05) is 19.6 Å². The van der Waals surface area contributed by atoms with Gasteiger partial charge in [0.1, 0.15) is 5.82 Å². The van der Waals surface area contributed by atoms with Crippen molar-refractivity contribution in [2.24, 2.45) is 5.92 Å². The van der Waals surface area contributed by atoms with E-state index in [1.54, 1.807) is 30.0 Å². The number of ether oxygens (including phenoxy) is 1. The molecule has 0 saturated carbocycles. The molecule has 7 nitrogen and oxygen atoms in total. The molecular formula is C23H27FN2O5S. The van der Waals surface area contributed by atoms with Crippen LogP contribution in [0.1, 0.15) is 25.3 Å². The fourth-order valence-electron chi connectivity index (χ4n) is 3.64. The van der Waals surface area contributed by atoms with Gasteiger partial charge in [-0.15, -0.1) is 0 Å². The molecule has 0 aromatic heterocycles. The summed E-state index contributed by atoms with van der Waals surface area (Å²) in [6.07, 6.45) is 0.960. The van der Waals surface area contributed by atoms with Gasteiger partial charge >= 0.3 is 5.97 Å². The predicted octanol–water partition coefficient (Wildman–Crippen LogP) is 2.82. The summed E-state index contributed by atoms with van der Waals surface area (Å²) in [5.41, 5.74) is 0.569. The lowest BCUT2D eigenvalue weighted by atomic mass is 9.97. The maximum Gasteiger partial charge on any atom is 0.309 e. The maximum absolute atomic E-state index is 13.3. The third-order valence-electron chi connectivity index (χ3n) is 5.43. The molecule has 1 aliphatic rings. The molecule has 0 bridgehead atoms. The minimum Gasteiger partial charge on any atom is -0.466 e. The Kier molecular flexibility index (Phi) is 7.98. The molecule has 0 aliphatic carbocycles. The van der Waals surface area contributed by atoms with Gasteiger partial charge in [-0.3, -0.25) is 9.59 Å². The SMILES string of the molecule is CCOC(=O)C1CCN(C(=O)CN(Cc2ccc(F)cc2)S(=O)(=O)c2ccccc2)CC1. The number of benzene rings is 2. The first kappa shape index (κ1) is 23.9. The lowest BCUT2D eigenvalue weighted by molar-refractivity contribution is -0.151. The van der Waals surface area contributed by atoms with Gasteiger partial charge in [0.2, 0.25) is 15.9 Å². The van der Waals surface area contributed by atoms with Crippen LogP contribution in [-0.4, -0.2) is 55.7 Å². The first-order valence-corrected chi connectivity index (χ1v) is 12.0. The van der Waals surface area contributed by atoms with Gasteiger partial charge in [0.05, 0.1) is 24.0 Å². The van der Waals surface area contributed by atoms with Crippen molar-refractivity contribution in [1.82, 2.24) is 9.21 Å². The van der Waals surface area contributed by atoms with E-state index in [4.69, 9.17) is 4.74 Å². The number of amides is 1. The second kappa shape index (κ2) is 10.7. The lowest BCUT2D eigenvalue weighted by Gasteiger charge is -2.32. The monoisotopic (exact) mass is 462 g/mol. The van der Waals surface area contributed by atoms with Gasteiger partial charge in [-0.2, -0.15) is 4.31 Å². The van der Waals surface area contributed by atoms with Crippen LogP contribution in [0.15, 0.2) is 59.5 Å². The molecule has 1 amide bonds. The van der Waals surface area contributed by atoms with E-state index in [1.807, 2.05) is 0 Å². The molecule has 0 N–H and O–H groups in total. The molecule has 3 rings (SSSR count). The van der Waals surface area contributed by atoms with Crippen LogP contribution in [0.4, 0.5) is 4.39 Å². The van der Waals surface area contributed by atoms with E-state index in [9.17, 15) is 22.4 Å². The van der Waals surface area contributed by atoms with Crippen LogP contribution in [0.25, 0.3) is 0 Å². The largest absolute Gasteiger partial charge is 0.466 e.